The van der Waals surface area contributed by atoms with Gasteiger partial charge in [0.2, 0.25) is 0 Å². The molecule has 0 aromatic rings. The number of likely N-dealkylation sites (tertiary alicyclic amines) is 1. The zero-order valence-electron chi connectivity index (χ0n) is 9.02. The summed E-state index contributed by atoms with van der Waals surface area (Å²) in [5, 5.41) is 3.49. The summed E-state index contributed by atoms with van der Waals surface area (Å²) >= 11 is 0. The molecule has 0 bridgehead atoms. The Hall–Kier alpha value is -0.0800. The summed E-state index contributed by atoms with van der Waals surface area (Å²) in [6.07, 6.45) is 6.89. The molecule has 0 unspecified atom stereocenters. The van der Waals surface area contributed by atoms with Gasteiger partial charge in [-0.05, 0) is 38.9 Å². The lowest BCUT2D eigenvalue weighted by atomic mass is 10.1. The Morgan fingerprint density at radius 3 is 2.54 bits per heavy atom. The number of hydrogen-bond acceptors (Lipinski definition) is 2. The van der Waals surface area contributed by atoms with E-state index in [1.807, 2.05) is 0 Å². The molecule has 0 radical (unpaired) electrons. The summed E-state index contributed by atoms with van der Waals surface area (Å²) in [6, 6.07) is 0. The van der Waals surface area contributed by atoms with E-state index in [0.717, 1.165) is 0 Å². The van der Waals surface area contributed by atoms with Gasteiger partial charge in [-0.25, -0.2) is 0 Å². The van der Waals surface area contributed by atoms with E-state index in [-0.39, 0.29) is 0 Å². The maximum Gasteiger partial charge on any atom is 0.0107 e. The highest BCUT2D eigenvalue weighted by Crippen LogP contribution is 2.07. The summed E-state index contributed by atoms with van der Waals surface area (Å²) < 4.78 is 0. The molecular formula is C11H24N2. The zero-order valence-corrected chi connectivity index (χ0v) is 9.02. The van der Waals surface area contributed by atoms with Gasteiger partial charge >= 0.3 is 0 Å². The topological polar surface area (TPSA) is 15.3 Å². The van der Waals surface area contributed by atoms with E-state index >= 15 is 0 Å². The van der Waals surface area contributed by atoms with Gasteiger partial charge in [0.1, 0.15) is 0 Å². The van der Waals surface area contributed by atoms with Crippen LogP contribution in [0.25, 0.3) is 0 Å². The van der Waals surface area contributed by atoms with Crippen molar-refractivity contribution in [1.29, 1.82) is 0 Å². The van der Waals surface area contributed by atoms with Crippen LogP contribution in [0.1, 0.15) is 39.0 Å². The molecule has 1 rings (SSSR count). The lowest BCUT2D eigenvalue weighted by Crippen LogP contribution is -2.36. The third-order valence-electron chi connectivity index (χ3n) is 2.76. The highest BCUT2D eigenvalue weighted by molar-refractivity contribution is 4.65. The van der Waals surface area contributed by atoms with E-state index in [0.29, 0.717) is 0 Å². The molecule has 0 atom stereocenters. The normalized spacial score (nSPS) is 19.2. The van der Waals surface area contributed by atoms with Gasteiger partial charge in [0.25, 0.3) is 0 Å². The molecule has 78 valence electrons. The lowest BCUT2D eigenvalue weighted by Gasteiger charge is -2.26. The average molecular weight is 184 g/mol. The molecule has 0 saturated carbocycles. The number of unbranched alkanes of at least 4 members (excludes halogenated alkanes) is 1. The Morgan fingerprint density at radius 1 is 1.08 bits per heavy atom. The van der Waals surface area contributed by atoms with Crippen LogP contribution in [0.3, 0.4) is 0 Å². The summed E-state index contributed by atoms with van der Waals surface area (Å²) in [5.74, 6) is 0. The maximum atomic E-state index is 3.49. The molecule has 0 aromatic carbocycles. The largest absolute Gasteiger partial charge is 0.315 e. The van der Waals surface area contributed by atoms with Gasteiger partial charge in [0, 0.05) is 13.1 Å². The van der Waals surface area contributed by atoms with Gasteiger partial charge in [-0.1, -0.05) is 19.8 Å². The maximum absolute atomic E-state index is 3.49. The van der Waals surface area contributed by atoms with Gasteiger partial charge in [-0.2, -0.15) is 0 Å². The summed E-state index contributed by atoms with van der Waals surface area (Å²) in [4.78, 5) is 2.59. The van der Waals surface area contributed by atoms with Crippen LogP contribution in [-0.2, 0) is 0 Å². The van der Waals surface area contributed by atoms with Crippen molar-refractivity contribution in [3.05, 3.63) is 0 Å². The summed E-state index contributed by atoms with van der Waals surface area (Å²) in [5.41, 5.74) is 0. The van der Waals surface area contributed by atoms with Crippen LogP contribution in [0.4, 0.5) is 0 Å². The zero-order chi connectivity index (χ0) is 9.36. The first kappa shape index (κ1) is 11.0. The fourth-order valence-electron chi connectivity index (χ4n) is 1.85. The fourth-order valence-corrected chi connectivity index (χ4v) is 1.85. The van der Waals surface area contributed by atoms with Crippen molar-refractivity contribution in [3.63, 3.8) is 0 Å². The van der Waals surface area contributed by atoms with Crippen molar-refractivity contribution in [1.82, 2.24) is 10.2 Å². The highest BCUT2D eigenvalue weighted by Gasteiger charge is 2.08. The van der Waals surface area contributed by atoms with Crippen LogP contribution >= 0.6 is 0 Å². The first-order valence-electron chi connectivity index (χ1n) is 5.86. The first-order chi connectivity index (χ1) is 6.43. The minimum Gasteiger partial charge on any atom is -0.315 e. The number of piperidine rings is 1. The van der Waals surface area contributed by atoms with Crippen LogP contribution in [0.15, 0.2) is 0 Å². The van der Waals surface area contributed by atoms with Gasteiger partial charge in [-0.15, -0.1) is 0 Å². The van der Waals surface area contributed by atoms with Crippen LogP contribution in [0.5, 0.6) is 0 Å². The molecular weight excluding hydrogens is 160 g/mol. The molecule has 0 aromatic heterocycles. The van der Waals surface area contributed by atoms with Crippen molar-refractivity contribution in [3.8, 4) is 0 Å². The second kappa shape index (κ2) is 7.34. The SMILES string of the molecule is CCCCNCCN1CCCCC1. The standard InChI is InChI=1S/C11H24N2/c1-2-3-7-12-8-11-13-9-5-4-6-10-13/h12H,2-11H2,1H3. The quantitative estimate of drug-likeness (QED) is 0.634. The van der Waals surface area contributed by atoms with Gasteiger partial charge < -0.3 is 10.2 Å². The monoisotopic (exact) mass is 184 g/mol. The molecule has 13 heavy (non-hydrogen) atoms. The van der Waals surface area contributed by atoms with Crippen molar-refractivity contribution >= 4 is 0 Å². The van der Waals surface area contributed by atoms with Crippen molar-refractivity contribution in [2.45, 2.75) is 39.0 Å². The molecule has 0 aliphatic carbocycles. The lowest BCUT2D eigenvalue weighted by molar-refractivity contribution is 0.229. The van der Waals surface area contributed by atoms with Crippen LogP contribution in [0.2, 0.25) is 0 Å². The van der Waals surface area contributed by atoms with E-state index < -0.39 is 0 Å². The molecule has 1 N–H and O–H groups in total. The number of rotatable bonds is 6. The van der Waals surface area contributed by atoms with Crippen molar-refractivity contribution in [2.75, 3.05) is 32.7 Å². The third-order valence-corrected chi connectivity index (χ3v) is 2.76. The minimum atomic E-state index is 1.18. The molecule has 2 nitrogen and oxygen atoms in total. The number of nitrogens with zero attached hydrogens (tertiary/aromatic N) is 1. The Kier molecular flexibility index (Phi) is 6.21. The molecule has 1 fully saturated rings. The molecule has 1 saturated heterocycles. The smallest absolute Gasteiger partial charge is 0.0107 e. The number of nitrogens with one attached hydrogen (secondary N) is 1. The predicted octanol–water partition coefficient (Wildman–Crippen LogP) is 1.86. The first-order valence-corrected chi connectivity index (χ1v) is 5.86. The van der Waals surface area contributed by atoms with Crippen LogP contribution < -0.4 is 5.32 Å². The summed E-state index contributed by atoms with van der Waals surface area (Å²) in [7, 11) is 0. The molecule has 0 spiro atoms. The highest BCUT2D eigenvalue weighted by atomic mass is 15.1. The van der Waals surface area contributed by atoms with Crippen molar-refractivity contribution in [2.24, 2.45) is 0 Å². The van der Waals surface area contributed by atoms with E-state index in [9.17, 15) is 0 Å². The Labute approximate surface area is 82.7 Å². The van der Waals surface area contributed by atoms with Gasteiger partial charge in [0.05, 0.1) is 0 Å². The second-order valence-corrected chi connectivity index (χ2v) is 4.01. The van der Waals surface area contributed by atoms with Gasteiger partial charge in [0.15, 0.2) is 0 Å². The van der Waals surface area contributed by atoms with Crippen LogP contribution in [0, 0.1) is 0 Å². The van der Waals surface area contributed by atoms with Gasteiger partial charge in [-0.3, -0.25) is 0 Å². The van der Waals surface area contributed by atoms with Crippen LogP contribution in [-0.4, -0.2) is 37.6 Å². The molecule has 1 heterocycles. The Bertz CT molecular complexity index is 109. The Morgan fingerprint density at radius 2 is 1.85 bits per heavy atom. The van der Waals surface area contributed by atoms with E-state index in [4.69, 9.17) is 0 Å². The number of hydrogen-bond donors (Lipinski definition) is 1. The minimum absolute atomic E-state index is 1.18. The molecule has 1 aliphatic heterocycles. The predicted molar refractivity (Wildman–Crippen MR) is 58.1 cm³/mol. The van der Waals surface area contributed by atoms with E-state index in [1.165, 1.54) is 64.8 Å². The van der Waals surface area contributed by atoms with E-state index in [2.05, 4.69) is 17.1 Å². The molecule has 2 heteroatoms. The molecule has 1 aliphatic rings. The second-order valence-electron chi connectivity index (χ2n) is 4.01. The third kappa shape index (κ3) is 5.27. The fraction of sp³-hybridized carbons (Fsp3) is 1.00. The Balaban J connectivity index is 1.86. The van der Waals surface area contributed by atoms with E-state index in [1.54, 1.807) is 0 Å². The van der Waals surface area contributed by atoms with Crippen molar-refractivity contribution < 1.29 is 0 Å². The average Bonchev–Trinajstić information content (AvgIpc) is 2.19. The summed E-state index contributed by atoms with van der Waals surface area (Å²) in [6.45, 7) is 8.53. The molecule has 0 amide bonds.